The minimum Gasteiger partial charge on any atom is -0.480 e. The SMILES string of the molecule is C/C=C(/C#N)OC[C@H](C)OC(C)=O. The lowest BCUT2D eigenvalue weighted by Crippen LogP contribution is -2.18. The number of hydrogen-bond donors (Lipinski definition) is 0. The van der Waals surface area contributed by atoms with E-state index in [-0.39, 0.29) is 24.4 Å². The van der Waals surface area contributed by atoms with Crippen molar-refractivity contribution in [1.82, 2.24) is 0 Å². The summed E-state index contributed by atoms with van der Waals surface area (Å²) in [6.45, 7) is 4.94. The lowest BCUT2D eigenvalue weighted by atomic mass is 10.4. The van der Waals surface area contributed by atoms with Crippen molar-refractivity contribution >= 4 is 5.97 Å². The fourth-order valence-corrected chi connectivity index (χ4v) is 0.705. The zero-order valence-corrected chi connectivity index (χ0v) is 8.03. The molecule has 4 nitrogen and oxygen atoms in total. The van der Waals surface area contributed by atoms with E-state index in [4.69, 9.17) is 14.7 Å². The van der Waals surface area contributed by atoms with Crippen molar-refractivity contribution in [3.8, 4) is 6.07 Å². The van der Waals surface area contributed by atoms with Gasteiger partial charge in [-0.2, -0.15) is 5.26 Å². The molecule has 0 heterocycles. The van der Waals surface area contributed by atoms with Gasteiger partial charge in [-0.15, -0.1) is 0 Å². The molecule has 0 fully saturated rings. The minimum atomic E-state index is -0.352. The Bertz CT molecular complexity index is 240. The highest BCUT2D eigenvalue weighted by Crippen LogP contribution is 1.99. The van der Waals surface area contributed by atoms with Crippen molar-refractivity contribution in [2.75, 3.05) is 6.61 Å². The lowest BCUT2D eigenvalue weighted by molar-refractivity contribution is -0.147. The molecule has 1 atom stereocenters. The highest BCUT2D eigenvalue weighted by molar-refractivity contribution is 5.66. The standard InChI is InChI=1S/C9H13NO3/c1-4-9(5-10)12-6-7(2)13-8(3)11/h4,7H,6H2,1-3H3/b9-4-/t7-/m0/s1. The first-order valence-corrected chi connectivity index (χ1v) is 3.96. The number of nitriles is 1. The molecule has 0 saturated carbocycles. The van der Waals surface area contributed by atoms with Crippen molar-refractivity contribution in [2.24, 2.45) is 0 Å². The molecular weight excluding hydrogens is 170 g/mol. The number of allylic oxidation sites excluding steroid dienone is 2. The molecule has 0 aliphatic rings. The van der Waals surface area contributed by atoms with Gasteiger partial charge >= 0.3 is 5.97 Å². The van der Waals surface area contributed by atoms with E-state index in [1.807, 2.05) is 6.07 Å². The third-order valence-corrected chi connectivity index (χ3v) is 1.21. The highest BCUT2D eigenvalue weighted by Gasteiger charge is 2.06. The Morgan fingerprint density at radius 2 is 2.31 bits per heavy atom. The van der Waals surface area contributed by atoms with Crippen LogP contribution in [0.2, 0.25) is 0 Å². The summed E-state index contributed by atoms with van der Waals surface area (Å²) >= 11 is 0. The minimum absolute atomic E-state index is 0.201. The van der Waals surface area contributed by atoms with E-state index in [9.17, 15) is 4.79 Å². The van der Waals surface area contributed by atoms with Crippen LogP contribution in [0, 0.1) is 11.3 Å². The Balaban J connectivity index is 3.77. The molecule has 0 aliphatic carbocycles. The Morgan fingerprint density at radius 3 is 2.69 bits per heavy atom. The number of carbonyl (C=O) groups is 1. The van der Waals surface area contributed by atoms with Crippen molar-refractivity contribution in [3.63, 3.8) is 0 Å². The average molecular weight is 183 g/mol. The summed E-state index contributed by atoms with van der Waals surface area (Å²) in [5.74, 6) is -0.117. The number of esters is 1. The molecule has 0 N–H and O–H groups in total. The van der Waals surface area contributed by atoms with Crippen LogP contribution in [0.15, 0.2) is 11.8 Å². The zero-order valence-electron chi connectivity index (χ0n) is 8.03. The fraction of sp³-hybridized carbons (Fsp3) is 0.556. The van der Waals surface area contributed by atoms with Gasteiger partial charge in [-0.05, 0) is 19.9 Å². The van der Waals surface area contributed by atoms with E-state index < -0.39 is 0 Å². The van der Waals surface area contributed by atoms with Crippen LogP contribution in [0.5, 0.6) is 0 Å². The molecule has 4 heteroatoms. The molecule has 0 rings (SSSR count). The molecule has 0 radical (unpaired) electrons. The average Bonchev–Trinajstić information content (AvgIpc) is 2.05. The molecule has 0 aliphatic heterocycles. The van der Waals surface area contributed by atoms with E-state index >= 15 is 0 Å². The smallest absolute Gasteiger partial charge is 0.303 e. The van der Waals surface area contributed by atoms with Crippen LogP contribution in [-0.2, 0) is 14.3 Å². The van der Waals surface area contributed by atoms with Gasteiger partial charge in [0, 0.05) is 6.92 Å². The molecule has 0 saturated heterocycles. The summed E-state index contributed by atoms with van der Waals surface area (Å²) in [7, 11) is 0. The monoisotopic (exact) mass is 183 g/mol. The maximum atomic E-state index is 10.5. The summed E-state index contributed by atoms with van der Waals surface area (Å²) in [4.78, 5) is 10.5. The normalized spacial score (nSPS) is 12.9. The largest absolute Gasteiger partial charge is 0.480 e. The van der Waals surface area contributed by atoms with Gasteiger partial charge in [-0.25, -0.2) is 0 Å². The Labute approximate surface area is 77.8 Å². The van der Waals surface area contributed by atoms with Gasteiger partial charge in [0.05, 0.1) is 0 Å². The summed E-state index contributed by atoms with van der Waals surface area (Å²) in [6.07, 6.45) is 1.22. The van der Waals surface area contributed by atoms with Crippen LogP contribution >= 0.6 is 0 Å². The molecule has 0 aromatic rings. The second-order valence-corrected chi connectivity index (χ2v) is 2.50. The predicted molar refractivity (Wildman–Crippen MR) is 46.6 cm³/mol. The van der Waals surface area contributed by atoms with Gasteiger partial charge in [0.1, 0.15) is 18.8 Å². The second kappa shape index (κ2) is 6.06. The van der Waals surface area contributed by atoms with Crippen molar-refractivity contribution in [2.45, 2.75) is 26.9 Å². The number of hydrogen-bond acceptors (Lipinski definition) is 4. The van der Waals surface area contributed by atoms with E-state index in [2.05, 4.69) is 0 Å². The van der Waals surface area contributed by atoms with Gasteiger partial charge in [0.15, 0.2) is 5.76 Å². The first-order chi connectivity index (χ1) is 6.10. The number of ether oxygens (including phenoxy) is 2. The summed E-state index contributed by atoms with van der Waals surface area (Å²) in [6, 6.07) is 1.86. The molecule has 0 spiro atoms. The topological polar surface area (TPSA) is 59.3 Å². The third-order valence-electron chi connectivity index (χ3n) is 1.21. The second-order valence-electron chi connectivity index (χ2n) is 2.50. The third kappa shape index (κ3) is 5.74. The van der Waals surface area contributed by atoms with Crippen LogP contribution < -0.4 is 0 Å². The van der Waals surface area contributed by atoms with Gasteiger partial charge in [-0.3, -0.25) is 4.79 Å². The predicted octanol–water partition coefficient (Wildman–Crippen LogP) is 1.38. The van der Waals surface area contributed by atoms with E-state index in [1.54, 1.807) is 19.9 Å². The van der Waals surface area contributed by atoms with Gasteiger partial charge in [-0.1, -0.05) is 0 Å². The van der Waals surface area contributed by atoms with Crippen LogP contribution in [-0.4, -0.2) is 18.7 Å². The number of carbonyl (C=O) groups excluding carboxylic acids is 1. The van der Waals surface area contributed by atoms with Crippen molar-refractivity contribution in [3.05, 3.63) is 11.8 Å². The summed E-state index contributed by atoms with van der Waals surface area (Å²) in [5.41, 5.74) is 0. The first kappa shape index (κ1) is 11.5. The summed E-state index contributed by atoms with van der Waals surface area (Å²) in [5, 5.41) is 8.47. The molecule has 0 amide bonds. The molecule has 0 aromatic heterocycles. The molecule has 0 aromatic carbocycles. The maximum Gasteiger partial charge on any atom is 0.303 e. The molecule has 0 unspecified atom stereocenters. The van der Waals surface area contributed by atoms with Crippen LogP contribution in [0.3, 0.4) is 0 Å². The fourth-order valence-electron chi connectivity index (χ4n) is 0.705. The Kier molecular flexibility index (Phi) is 5.37. The van der Waals surface area contributed by atoms with Gasteiger partial charge in [0.2, 0.25) is 0 Å². The van der Waals surface area contributed by atoms with Gasteiger partial charge < -0.3 is 9.47 Å². The van der Waals surface area contributed by atoms with Crippen LogP contribution in [0.25, 0.3) is 0 Å². The molecule has 72 valence electrons. The van der Waals surface area contributed by atoms with Gasteiger partial charge in [0.25, 0.3) is 0 Å². The van der Waals surface area contributed by atoms with E-state index in [1.165, 1.54) is 6.92 Å². The van der Waals surface area contributed by atoms with Crippen LogP contribution in [0.4, 0.5) is 0 Å². The number of rotatable bonds is 4. The van der Waals surface area contributed by atoms with Crippen LogP contribution in [0.1, 0.15) is 20.8 Å². The summed E-state index contributed by atoms with van der Waals surface area (Å²) < 4.78 is 9.81. The number of nitrogens with zero attached hydrogens (tertiary/aromatic N) is 1. The quantitative estimate of drug-likeness (QED) is 0.375. The maximum absolute atomic E-state index is 10.5. The van der Waals surface area contributed by atoms with E-state index in [0.29, 0.717) is 0 Å². The first-order valence-electron chi connectivity index (χ1n) is 3.96. The zero-order chi connectivity index (χ0) is 10.3. The Hall–Kier alpha value is -1.50. The lowest BCUT2D eigenvalue weighted by Gasteiger charge is -2.11. The Morgan fingerprint density at radius 1 is 1.69 bits per heavy atom. The van der Waals surface area contributed by atoms with E-state index in [0.717, 1.165) is 0 Å². The molecule has 0 bridgehead atoms. The highest BCUT2D eigenvalue weighted by atomic mass is 16.6. The molecular formula is C9H13NO3. The van der Waals surface area contributed by atoms with Crippen molar-refractivity contribution < 1.29 is 14.3 Å². The van der Waals surface area contributed by atoms with Crippen molar-refractivity contribution in [1.29, 1.82) is 5.26 Å². The molecule has 13 heavy (non-hydrogen) atoms.